The summed E-state index contributed by atoms with van der Waals surface area (Å²) in [6.45, 7) is 4.71. The number of aromatic nitrogens is 2. The Labute approximate surface area is 117 Å². The van der Waals surface area contributed by atoms with Crippen LogP contribution in [0.2, 0.25) is 0 Å². The van der Waals surface area contributed by atoms with Gasteiger partial charge in [0.1, 0.15) is 10.6 Å². The van der Waals surface area contributed by atoms with Crippen molar-refractivity contribution in [2.75, 3.05) is 24.2 Å². The van der Waals surface area contributed by atoms with Crippen LogP contribution in [0.4, 0.5) is 11.8 Å². The summed E-state index contributed by atoms with van der Waals surface area (Å²) in [5.41, 5.74) is 0. The van der Waals surface area contributed by atoms with Gasteiger partial charge in [-0.3, -0.25) is 0 Å². The van der Waals surface area contributed by atoms with Crippen molar-refractivity contribution in [1.29, 1.82) is 0 Å². The van der Waals surface area contributed by atoms with E-state index in [0.717, 1.165) is 22.5 Å². The standard InChI is InChI=1S/C13H20N4OS/c1-8(2)6-9(18)7-15-11-10-4-5-19-12(10)17-13(14-3)16-11/h4-5,8-9,18H,6-7H2,1-3H3,(H2,14,15,16,17). The average Bonchev–Trinajstić information content (AvgIpc) is 2.82. The van der Waals surface area contributed by atoms with Crippen LogP contribution in [-0.4, -0.2) is 34.8 Å². The van der Waals surface area contributed by atoms with Crippen LogP contribution >= 0.6 is 11.3 Å². The van der Waals surface area contributed by atoms with Crippen LogP contribution in [-0.2, 0) is 0 Å². The van der Waals surface area contributed by atoms with E-state index in [2.05, 4.69) is 34.4 Å². The Morgan fingerprint density at radius 1 is 1.37 bits per heavy atom. The normalized spacial score (nSPS) is 12.9. The highest BCUT2D eigenvalue weighted by molar-refractivity contribution is 7.16. The van der Waals surface area contributed by atoms with Gasteiger partial charge in [-0.1, -0.05) is 13.8 Å². The number of nitrogens with one attached hydrogen (secondary N) is 2. The molecule has 1 atom stereocenters. The van der Waals surface area contributed by atoms with Gasteiger partial charge >= 0.3 is 0 Å². The topological polar surface area (TPSA) is 70.1 Å². The third-order valence-corrected chi connectivity index (χ3v) is 3.60. The molecule has 0 saturated heterocycles. The van der Waals surface area contributed by atoms with Crippen LogP contribution in [0.5, 0.6) is 0 Å². The third kappa shape index (κ3) is 3.54. The molecule has 0 aliphatic rings. The molecule has 0 aliphatic carbocycles. The van der Waals surface area contributed by atoms with E-state index in [1.807, 2.05) is 11.4 Å². The lowest BCUT2D eigenvalue weighted by molar-refractivity contribution is 0.161. The molecular formula is C13H20N4OS. The van der Waals surface area contributed by atoms with Crippen molar-refractivity contribution in [2.24, 2.45) is 5.92 Å². The van der Waals surface area contributed by atoms with Gasteiger partial charge in [0.15, 0.2) is 0 Å². The van der Waals surface area contributed by atoms with E-state index in [-0.39, 0.29) is 6.10 Å². The Kier molecular flexibility index (Phi) is 4.55. The van der Waals surface area contributed by atoms with Crippen LogP contribution in [0, 0.1) is 5.92 Å². The quantitative estimate of drug-likeness (QED) is 0.758. The summed E-state index contributed by atoms with van der Waals surface area (Å²) >= 11 is 1.58. The Balaban J connectivity index is 2.13. The van der Waals surface area contributed by atoms with Gasteiger partial charge in [-0.05, 0) is 23.8 Å². The first-order chi connectivity index (χ1) is 9.10. The van der Waals surface area contributed by atoms with E-state index < -0.39 is 0 Å². The molecule has 2 aromatic heterocycles. The van der Waals surface area contributed by atoms with Crippen LogP contribution in [0.15, 0.2) is 11.4 Å². The number of hydrogen-bond acceptors (Lipinski definition) is 6. The molecule has 5 nitrogen and oxygen atoms in total. The van der Waals surface area contributed by atoms with Crippen molar-refractivity contribution in [1.82, 2.24) is 9.97 Å². The number of thiophene rings is 1. The maximum atomic E-state index is 9.91. The number of aliphatic hydroxyl groups excluding tert-OH is 1. The minimum absolute atomic E-state index is 0.360. The SMILES string of the molecule is CNc1nc(NCC(O)CC(C)C)c2ccsc2n1. The van der Waals surface area contributed by atoms with Crippen molar-refractivity contribution in [3.8, 4) is 0 Å². The minimum Gasteiger partial charge on any atom is -0.391 e. The Bertz CT molecular complexity index is 540. The van der Waals surface area contributed by atoms with E-state index in [1.54, 1.807) is 18.4 Å². The number of anilines is 2. The van der Waals surface area contributed by atoms with E-state index in [0.29, 0.717) is 18.4 Å². The zero-order valence-electron chi connectivity index (χ0n) is 11.5. The predicted octanol–water partition coefficient (Wildman–Crippen LogP) is 2.55. The first-order valence-corrected chi connectivity index (χ1v) is 7.33. The van der Waals surface area contributed by atoms with E-state index in [9.17, 15) is 5.11 Å². The number of aliphatic hydroxyl groups is 1. The summed E-state index contributed by atoms with van der Waals surface area (Å²) in [7, 11) is 1.80. The fraction of sp³-hybridized carbons (Fsp3) is 0.538. The largest absolute Gasteiger partial charge is 0.391 e. The molecule has 104 valence electrons. The van der Waals surface area contributed by atoms with E-state index in [4.69, 9.17) is 0 Å². The molecule has 2 heterocycles. The summed E-state index contributed by atoms with van der Waals surface area (Å²) in [6.07, 6.45) is 0.422. The highest BCUT2D eigenvalue weighted by Gasteiger charge is 2.11. The van der Waals surface area contributed by atoms with Crippen molar-refractivity contribution >= 4 is 33.3 Å². The number of rotatable bonds is 6. The van der Waals surface area contributed by atoms with Gasteiger partial charge in [-0.15, -0.1) is 11.3 Å². The Morgan fingerprint density at radius 3 is 2.84 bits per heavy atom. The molecule has 0 aromatic carbocycles. The zero-order valence-corrected chi connectivity index (χ0v) is 12.3. The van der Waals surface area contributed by atoms with Crippen molar-refractivity contribution in [3.05, 3.63) is 11.4 Å². The second-order valence-electron chi connectivity index (χ2n) is 4.95. The molecule has 0 bridgehead atoms. The van der Waals surface area contributed by atoms with Gasteiger partial charge in [-0.25, -0.2) is 4.98 Å². The second-order valence-corrected chi connectivity index (χ2v) is 5.84. The predicted molar refractivity (Wildman–Crippen MR) is 80.9 cm³/mol. The minimum atomic E-state index is -0.360. The number of hydrogen-bond donors (Lipinski definition) is 3. The van der Waals surface area contributed by atoms with Gasteiger partial charge in [-0.2, -0.15) is 4.98 Å². The molecule has 0 saturated carbocycles. The monoisotopic (exact) mass is 280 g/mol. The average molecular weight is 280 g/mol. The lowest BCUT2D eigenvalue weighted by Gasteiger charge is -2.15. The first-order valence-electron chi connectivity index (χ1n) is 6.45. The smallest absolute Gasteiger partial charge is 0.225 e. The van der Waals surface area contributed by atoms with Gasteiger partial charge in [0.2, 0.25) is 5.95 Å². The lowest BCUT2D eigenvalue weighted by atomic mass is 10.1. The summed E-state index contributed by atoms with van der Waals surface area (Å²) in [5, 5.41) is 19.1. The van der Waals surface area contributed by atoms with Gasteiger partial charge in [0.05, 0.1) is 11.5 Å². The fourth-order valence-electron chi connectivity index (χ4n) is 1.94. The fourth-order valence-corrected chi connectivity index (χ4v) is 2.71. The highest BCUT2D eigenvalue weighted by atomic mass is 32.1. The zero-order chi connectivity index (χ0) is 13.8. The summed E-state index contributed by atoms with van der Waals surface area (Å²) in [5.74, 6) is 1.85. The second kappa shape index (κ2) is 6.16. The van der Waals surface area contributed by atoms with Crippen LogP contribution < -0.4 is 10.6 Å². The number of nitrogens with zero attached hydrogens (tertiary/aromatic N) is 2. The van der Waals surface area contributed by atoms with E-state index >= 15 is 0 Å². The lowest BCUT2D eigenvalue weighted by Crippen LogP contribution is -2.22. The number of fused-ring (bicyclic) bond motifs is 1. The van der Waals surface area contributed by atoms with Crippen molar-refractivity contribution < 1.29 is 5.11 Å². The summed E-state index contributed by atoms with van der Waals surface area (Å²) in [6, 6.07) is 2.00. The molecule has 2 rings (SSSR count). The van der Waals surface area contributed by atoms with Crippen LogP contribution in [0.3, 0.4) is 0 Å². The Hall–Kier alpha value is -1.40. The summed E-state index contributed by atoms with van der Waals surface area (Å²) < 4.78 is 0. The molecular weight excluding hydrogens is 260 g/mol. The van der Waals surface area contributed by atoms with Gasteiger partial charge in [0.25, 0.3) is 0 Å². The Morgan fingerprint density at radius 2 is 2.16 bits per heavy atom. The maximum Gasteiger partial charge on any atom is 0.225 e. The first kappa shape index (κ1) is 14.0. The maximum absolute atomic E-state index is 9.91. The van der Waals surface area contributed by atoms with Crippen molar-refractivity contribution in [2.45, 2.75) is 26.4 Å². The molecule has 6 heteroatoms. The molecule has 0 fully saturated rings. The van der Waals surface area contributed by atoms with Gasteiger partial charge < -0.3 is 15.7 Å². The summed E-state index contributed by atoms with van der Waals surface area (Å²) in [4.78, 5) is 9.73. The molecule has 0 amide bonds. The highest BCUT2D eigenvalue weighted by Crippen LogP contribution is 2.26. The molecule has 0 aliphatic heterocycles. The molecule has 19 heavy (non-hydrogen) atoms. The third-order valence-electron chi connectivity index (χ3n) is 2.80. The van der Waals surface area contributed by atoms with Crippen molar-refractivity contribution in [3.63, 3.8) is 0 Å². The van der Waals surface area contributed by atoms with Crippen LogP contribution in [0.25, 0.3) is 10.2 Å². The molecule has 2 aromatic rings. The molecule has 0 spiro atoms. The van der Waals surface area contributed by atoms with Gasteiger partial charge in [0, 0.05) is 13.6 Å². The van der Waals surface area contributed by atoms with E-state index in [1.165, 1.54) is 0 Å². The molecule has 1 unspecified atom stereocenters. The van der Waals surface area contributed by atoms with Crippen LogP contribution in [0.1, 0.15) is 20.3 Å². The molecule has 0 radical (unpaired) electrons. The molecule has 3 N–H and O–H groups in total.